The van der Waals surface area contributed by atoms with Gasteiger partial charge >= 0.3 is 36.4 Å². The van der Waals surface area contributed by atoms with E-state index in [9.17, 15) is 43.9 Å². The van der Waals surface area contributed by atoms with Gasteiger partial charge in [0, 0.05) is 50.8 Å². The average molecular weight is 683 g/mol. The van der Waals surface area contributed by atoms with Crippen LogP contribution < -0.4 is 4.90 Å². The number of rotatable bonds is 3. The Bertz CT molecular complexity index is 1220. The van der Waals surface area contributed by atoms with Crippen molar-refractivity contribution in [3.63, 3.8) is 0 Å². The topological polar surface area (TPSA) is 140 Å². The molecular weight excluding hydrogens is 656 g/mol. The zero-order valence-corrected chi connectivity index (χ0v) is 23.4. The number of aliphatic carboxylic acids is 3. The van der Waals surface area contributed by atoms with Crippen molar-refractivity contribution in [2.45, 2.75) is 43.5 Å². The highest BCUT2D eigenvalue weighted by Gasteiger charge is 2.41. The van der Waals surface area contributed by atoms with Crippen molar-refractivity contribution in [3.05, 3.63) is 60.2 Å². The molecule has 46 heavy (non-hydrogen) atoms. The summed E-state index contributed by atoms with van der Waals surface area (Å²) in [5.41, 5.74) is 2.02. The molecule has 258 valence electrons. The summed E-state index contributed by atoms with van der Waals surface area (Å²) in [5, 5.41) is 21.4. The zero-order valence-electron chi connectivity index (χ0n) is 23.4. The first kappa shape index (κ1) is 39.8. The van der Waals surface area contributed by atoms with Crippen LogP contribution in [-0.4, -0.2) is 100 Å². The maximum Gasteiger partial charge on any atom is 0.490 e. The first-order valence-electron chi connectivity index (χ1n) is 12.7. The molecule has 2 saturated heterocycles. The monoisotopic (exact) mass is 683 g/mol. The summed E-state index contributed by atoms with van der Waals surface area (Å²) in [7, 11) is 0. The molecule has 1 aromatic heterocycles. The minimum atomic E-state index is -5.08. The van der Waals surface area contributed by atoms with Crippen molar-refractivity contribution in [1.82, 2.24) is 9.88 Å². The lowest BCUT2D eigenvalue weighted by atomic mass is 9.90. The van der Waals surface area contributed by atoms with E-state index < -0.39 is 36.4 Å². The summed E-state index contributed by atoms with van der Waals surface area (Å²) >= 11 is 0. The molecule has 10 nitrogen and oxygen atoms in total. The lowest BCUT2D eigenvalue weighted by Gasteiger charge is -2.48. The number of nitrogens with zero attached hydrogens (tertiary/aromatic N) is 3. The van der Waals surface area contributed by atoms with Crippen LogP contribution in [0.15, 0.2) is 48.8 Å². The van der Waals surface area contributed by atoms with E-state index in [1.807, 2.05) is 24.5 Å². The number of piperidine rings is 1. The molecule has 0 amide bonds. The van der Waals surface area contributed by atoms with E-state index in [1.165, 1.54) is 11.6 Å². The molecule has 4 rings (SSSR count). The molecule has 3 N–H and O–H groups in total. The van der Waals surface area contributed by atoms with Crippen molar-refractivity contribution in [2.75, 3.05) is 37.7 Å². The quantitative estimate of drug-likeness (QED) is 0.379. The molecule has 0 bridgehead atoms. The number of alkyl halides is 9. The molecule has 3 heterocycles. The molecule has 1 unspecified atom stereocenters. The van der Waals surface area contributed by atoms with Gasteiger partial charge < -0.3 is 25.0 Å². The zero-order chi connectivity index (χ0) is 35.3. The largest absolute Gasteiger partial charge is 0.490 e. The molecular formula is C26H27F10N3O7. The molecule has 2 aliphatic heterocycles. The van der Waals surface area contributed by atoms with E-state index in [-0.39, 0.29) is 11.4 Å². The highest BCUT2D eigenvalue weighted by molar-refractivity contribution is 5.73. The normalized spacial score (nSPS) is 18.5. The van der Waals surface area contributed by atoms with Gasteiger partial charge in [0.15, 0.2) is 0 Å². The maximum absolute atomic E-state index is 13.6. The standard InChI is InChI=1S/C20H24FN3O.3C2HF3O2/c21-18-5-1-6-19(12-18)24-9-3-7-20(16-24)15-23(10-11-25-20)14-17-4-2-8-22-13-17;3*3-2(4,5)1(6)7/h1-2,4-6,8,12-13H,3,7,9-11,14-16H2;3*(H,6,7). The van der Waals surface area contributed by atoms with Gasteiger partial charge in [-0.05, 0) is 42.7 Å². The number of halogens is 10. The van der Waals surface area contributed by atoms with E-state index in [2.05, 4.69) is 20.9 Å². The number of carboxylic acid groups (broad SMARTS) is 3. The molecule has 0 radical (unpaired) electrons. The fraction of sp³-hybridized carbons (Fsp3) is 0.462. The first-order chi connectivity index (χ1) is 21.1. The van der Waals surface area contributed by atoms with Crippen LogP contribution in [0, 0.1) is 5.82 Å². The molecule has 1 aromatic carbocycles. The lowest BCUT2D eigenvalue weighted by molar-refractivity contribution is -0.193. The Morgan fingerprint density at radius 1 is 0.826 bits per heavy atom. The van der Waals surface area contributed by atoms with Gasteiger partial charge in [-0.3, -0.25) is 9.88 Å². The van der Waals surface area contributed by atoms with Gasteiger partial charge in [-0.2, -0.15) is 39.5 Å². The number of aromatic nitrogens is 1. The van der Waals surface area contributed by atoms with E-state index in [0.29, 0.717) is 0 Å². The van der Waals surface area contributed by atoms with Crippen LogP contribution >= 0.6 is 0 Å². The second-order valence-corrected chi connectivity index (χ2v) is 9.52. The summed E-state index contributed by atoms with van der Waals surface area (Å²) in [6.45, 7) is 5.28. The van der Waals surface area contributed by atoms with Crippen molar-refractivity contribution in [1.29, 1.82) is 0 Å². The summed E-state index contributed by atoms with van der Waals surface area (Å²) in [4.78, 5) is 35.6. The van der Waals surface area contributed by atoms with Gasteiger partial charge in [0.25, 0.3) is 0 Å². The Morgan fingerprint density at radius 2 is 1.37 bits per heavy atom. The Morgan fingerprint density at radius 3 is 1.83 bits per heavy atom. The summed E-state index contributed by atoms with van der Waals surface area (Å²) in [5.74, 6) is -8.45. The molecule has 2 aromatic rings. The van der Waals surface area contributed by atoms with Gasteiger partial charge in [-0.1, -0.05) is 12.1 Å². The fourth-order valence-electron chi connectivity index (χ4n) is 4.05. The van der Waals surface area contributed by atoms with Gasteiger partial charge in [0.05, 0.1) is 12.2 Å². The number of hydrogen-bond donors (Lipinski definition) is 3. The number of anilines is 1. The third kappa shape index (κ3) is 14.7. The summed E-state index contributed by atoms with van der Waals surface area (Å²) < 4.78 is 115. The van der Waals surface area contributed by atoms with Crippen molar-refractivity contribution in [2.24, 2.45) is 0 Å². The van der Waals surface area contributed by atoms with Crippen LogP contribution in [0.1, 0.15) is 18.4 Å². The van der Waals surface area contributed by atoms with E-state index >= 15 is 0 Å². The van der Waals surface area contributed by atoms with Gasteiger partial charge in [-0.25, -0.2) is 18.8 Å². The van der Waals surface area contributed by atoms with E-state index in [1.54, 1.807) is 12.1 Å². The average Bonchev–Trinajstić information content (AvgIpc) is 2.93. The summed E-state index contributed by atoms with van der Waals surface area (Å²) in [6.07, 6.45) is -9.38. The Balaban J connectivity index is 0.000000413. The number of carboxylic acids is 3. The number of carbonyl (C=O) groups is 3. The van der Waals surface area contributed by atoms with Crippen molar-refractivity contribution >= 4 is 23.6 Å². The third-order valence-corrected chi connectivity index (χ3v) is 5.90. The highest BCUT2D eigenvalue weighted by Crippen LogP contribution is 2.32. The minimum Gasteiger partial charge on any atom is -0.475 e. The van der Waals surface area contributed by atoms with Crippen molar-refractivity contribution in [3.8, 4) is 0 Å². The Kier molecular flexibility index (Phi) is 14.6. The minimum absolute atomic E-state index is 0.162. The van der Waals surface area contributed by atoms with Crippen LogP contribution in [0.3, 0.4) is 0 Å². The third-order valence-electron chi connectivity index (χ3n) is 5.90. The van der Waals surface area contributed by atoms with Gasteiger partial charge in [0.2, 0.25) is 0 Å². The predicted molar refractivity (Wildman–Crippen MR) is 137 cm³/mol. The number of morpholine rings is 1. The maximum atomic E-state index is 13.6. The van der Waals surface area contributed by atoms with Gasteiger partial charge in [-0.15, -0.1) is 0 Å². The van der Waals surface area contributed by atoms with Crippen molar-refractivity contribution < 1.29 is 78.3 Å². The van der Waals surface area contributed by atoms with E-state index in [4.69, 9.17) is 34.4 Å². The lowest BCUT2D eigenvalue weighted by Crippen LogP contribution is -2.59. The molecule has 0 saturated carbocycles. The second kappa shape index (κ2) is 16.9. The number of benzene rings is 1. The van der Waals surface area contributed by atoms with Crippen LogP contribution in [-0.2, 0) is 25.7 Å². The smallest absolute Gasteiger partial charge is 0.475 e. The Hall–Kier alpha value is -4.20. The van der Waals surface area contributed by atoms with Crippen LogP contribution in [0.4, 0.5) is 49.6 Å². The molecule has 0 aliphatic carbocycles. The molecule has 1 spiro atoms. The first-order valence-corrected chi connectivity index (χ1v) is 12.7. The Labute approximate surface area is 253 Å². The van der Waals surface area contributed by atoms with Crippen LogP contribution in [0.25, 0.3) is 0 Å². The molecule has 1 atom stereocenters. The van der Waals surface area contributed by atoms with Crippen LogP contribution in [0.5, 0.6) is 0 Å². The predicted octanol–water partition coefficient (Wildman–Crippen LogP) is 4.99. The summed E-state index contributed by atoms with van der Waals surface area (Å²) in [6, 6.07) is 11.0. The number of ether oxygens (including phenoxy) is 1. The molecule has 2 fully saturated rings. The highest BCUT2D eigenvalue weighted by atomic mass is 19.4. The SMILES string of the molecule is Fc1cccc(N2CCCC3(CN(Cc4cccnc4)CCO3)C2)c1.O=C(O)C(F)(F)F.O=C(O)C(F)(F)F.O=C(O)C(F)(F)F. The van der Waals surface area contributed by atoms with Crippen LogP contribution in [0.2, 0.25) is 0 Å². The van der Waals surface area contributed by atoms with E-state index in [0.717, 1.165) is 57.9 Å². The number of hydrogen-bond acceptors (Lipinski definition) is 7. The fourth-order valence-corrected chi connectivity index (χ4v) is 4.05. The molecule has 2 aliphatic rings. The van der Waals surface area contributed by atoms with Gasteiger partial charge in [0.1, 0.15) is 5.82 Å². The second-order valence-electron chi connectivity index (χ2n) is 9.52. The molecule has 20 heteroatoms. The number of pyridine rings is 1.